The zero-order chi connectivity index (χ0) is 13.7. The zero-order valence-electron chi connectivity index (χ0n) is 12.2. The smallest absolute Gasteiger partial charge is 0.0544 e. The Morgan fingerprint density at radius 1 is 1.37 bits per heavy atom. The van der Waals surface area contributed by atoms with Gasteiger partial charge in [0.25, 0.3) is 0 Å². The van der Waals surface area contributed by atoms with Gasteiger partial charge in [0, 0.05) is 38.4 Å². The van der Waals surface area contributed by atoms with Crippen molar-refractivity contribution in [3.05, 3.63) is 29.6 Å². The fraction of sp³-hybridized carbons (Fsp3) is 0.667. The average Bonchev–Trinajstić information content (AvgIpc) is 2.89. The van der Waals surface area contributed by atoms with Crippen molar-refractivity contribution >= 4 is 0 Å². The lowest BCUT2D eigenvalue weighted by molar-refractivity contribution is 0.208. The highest BCUT2D eigenvalue weighted by Gasteiger charge is 2.26. The molecule has 2 heterocycles. The average molecular weight is 262 g/mol. The summed E-state index contributed by atoms with van der Waals surface area (Å²) >= 11 is 0. The van der Waals surface area contributed by atoms with Crippen molar-refractivity contribution < 1.29 is 0 Å². The number of nitrogens with two attached hydrogens (primary N) is 1. The molecule has 0 aliphatic carbocycles. The molecule has 1 aliphatic rings. The third kappa shape index (κ3) is 3.75. The van der Waals surface area contributed by atoms with Crippen LogP contribution in [0, 0.1) is 0 Å². The van der Waals surface area contributed by atoms with E-state index in [1.54, 1.807) is 0 Å². The quantitative estimate of drug-likeness (QED) is 0.843. The molecule has 2 rings (SSSR count). The minimum absolute atomic E-state index is 0.570. The number of likely N-dealkylation sites (N-methyl/N-ethyl adjacent to an activating group) is 1. The molecule has 1 aromatic rings. The monoisotopic (exact) mass is 262 g/mol. The molecule has 0 radical (unpaired) electrons. The van der Waals surface area contributed by atoms with Gasteiger partial charge in [0.1, 0.15) is 0 Å². The second-order valence-electron chi connectivity index (χ2n) is 5.26. The maximum atomic E-state index is 5.59. The summed E-state index contributed by atoms with van der Waals surface area (Å²) in [5.74, 6) is 0. The van der Waals surface area contributed by atoms with Crippen LogP contribution < -0.4 is 5.73 Å². The lowest BCUT2D eigenvalue weighted by atomic mass is 10.2. The van der Waals surface area contributed by atoms with Crippen molar-refractivity contribution in [3.63, 3.8) is 0 Å². The molecule has 0 spiro atoms. The zero-order valence-corrected chi connectivity index (χ0v) is 12.2. The third-order valence-electron chi connectivity index (χ3n) is 4.08. The number of aromatic nitrogens is 1. The van der Waals surface area contributed by atoms with Crippen LogP contribution in [0.4, 0.5) is 0 Å². The summed E-state index contributed by atoms with van der Waals surface area (Å²) in [7, 11) is 0. The molecule has 2 N–H and O–H groups in total. The van der Waals surface area contributed by atoms with Gasteiger partial charge in [-0.2, -0.15) is 0 Å². The molecule has 0 aromatic carbocycles. The topological polar surface area (TPSA) is 45.4 Å². The van der Waals surface area contributed by atoms with E-state index in [4.69, 9.17) is 5.73 Å². The first kappa shape index (κ1) is 14.4. The maximum Gasteiger partial charge on any atom is 0.0544 e. The number of likely N-dealkylation sites (tertiary alicyclic amines) is 1. The Morgan fingerprint density at radius 2 is 2.16 bits per heavy atom. The van der Waals surface area contributed by atoms with Gasteiger partial charge >= 0.3 is 0 Å². The lowest BCUT2D eigenvalue weighted by Gasteiger charge is -2.26. The Kier molecular flexibility index (Phi) is 5.31. The predicted octanol–water partition coefficient (Wildman–Crippen LogP) is 1.46. The molecule has 4 heteroatoms. The number of pyridine rings is 1. The van der Waals surface area contributed by atoms with Gasteiger partial charge in [-0.1, -0.05) is 19.9 Å². The summed E-state index contributed by atoms with van der Waals surface area (Å²) < 4.78 is 0. The molecule has 1 fully saturated rings. The van der Waals surface area contributed by atoms with Crippen LogP contribution in [-0.4, -0.2) is 47.0 Å². The third-order valence-corrected chi connectivity index (χ3v) is 4.08. The van der Waals surface area contributed by atoms with Crippen LogP contribution in [0.1, 0.15) is 31.5 Å². The van der Waals surface area contributed by atoms with Gasteiger partial charge in [-0.15, -0.1) is 0 Å². The summed E-state index contributed by atoms with van der Waals surface area (Å²) in [4.78, 5) is 9.56. The molecule has 1 saturated heterocycles. The van der Waals surface area contributed by atoms with E-state index in [9.17, 15) is 0 Å². The minimum atomic E-state index is 0.570. The molecule has 106 valence electrons. The van der Waals surface area contributed by atoms with Crippen LogP contribution in [0.15, 0.2) is 18.3 Å². The summed E-state index contributed by atoms with van der Waals surface area (Å²) in [5.41, 5.74) is 7.84. The second kappa shape index (κ2) is 6.98. The molecule has 19 heavy (non-hydrogen) atoms. The van der Waals surface area contributed by atoms with Crippen molar-refractivity contribution in [2.75, 3.05) is 26.2 Å². The van der Waals surface area contributed by atoms with E-state index >= 15 is 0 Å². The van der Waals surface area contributed by atoms with E-state index in [1.165, 1.54) is 19.5 Å². The number of hydrogen-bond acceptors (Lipinski definition) is 4. The second-order valence-corrected chi connectivity index (χ2v) is 5.26. The fourth-order valence-electron chi connectivity index (χ4n) is 2.89. The van der Waals surface area contributed by atoms with E-state index < -0.39 is 0 Å². The van der Waals surface area contributed by atoms with Gasteiger partial charge in [-0.25, -0.2) is 0 Å². The Bertz CT molecular complexity index is 372. The fourth-order valence-corrected chi connectivity index (χ4v) is 2.89. The molecular formula is C15H26N4. The van der Waals surface area contributed by atoms with Crippen molar-refractivity contribution in [1.82, 2.24) is 14.8 Å². The molecule has 0 amide bonds. The number of hydrogen-bond donors (Lipinski definition) is 1. The first-order valence-electron chi connectivity index (χ1n) is 7.37. The van der Waals surface area contributed by atoms with E-state index in [-0.39, 0.29) is 0 Å². The molecular weight excluding hydrogens is 236 g/mol. The van der Waals surface area contributed by atoms with E-state index in [2.05, 4.69) is 40.8 Å². The van der Waals surface area contributed by atoms with Crippen molar-refractivity contribution in [2.45, 2.75) is 39.4 Å². The highest BCUT2D eigenvalue weighted by atomic mass is 15.2. The van der Waals surface area contributed by atoms with Gasteiger partial charge in [-0.05, 0) is 31.1 Å². The van der Waals surface area contributed by atoms with Crippen LogP contribution in [0.3, 0.4) is 0 Å². The summed E-state index contributed by atoms with van der Waals surface area (Å²) in [6.07, 6.45) is 3.18. The van der Waals surface area contributed by atoms with Crippen molar-refractivity contribution in [2.24, 2.45) is 5.73 Å². The van der Waals surface area contributed by atoms with Crippen LogP contribution in [0.2, 0.25) is 0 Å². The van der Waals surface area contributed by atoms with Crippen LogP contribution >= 0.6 is 0 Å². The largest absolute Gasteiger partial charge is 0.326 e. The van der Waals surface area contributed by atoms with Crippen LogP contribution in [0.5, 0.6) is 0 Å². The number of nitrogens with zero attached hydrogens (tertiary/aromatic N) is 3. The van der Waals surface area contributed by atoms with E-state index in [1.807, 2.05) is 6.20 Å². The highest BCUT2D eigenvalue weighted by molar-refractivity contribution is 5.13. The van der Waals surface area contributed by atoms with Crippen molar-refractivity contribution in [1.29, 1.82) is 0 Å². The molecule has 0 bridgehead atoms. The van der Waals surface area contributed by atoms with Crippen LogP contribution in [-0.2, 0) is 13.1 Å². The predicted molar refractivity (Wildman–Crippen MR) is 78.7 cm³/mol. The van der Waals surface area contributed by atoms with Gasteiger partial charge < -0.3 is 5.73 Å². The molecule has 4 nitrogen and oxygen atoms in total. The normalized spacial score (nSPS) is 20.3. The Labute approximate surface area is 116 Å². The lowest BCUT2D eigenvalue weighted by Crippen LogP contribution is -2.37. The first-order valence-corrected chi connectivity index (χ1v) is 7.37. The first-order chi connectivity index (χ1) is 9.26. The minimum Gasteiger partial charge on any atom is -0.326 e. The number of rotatable bonds is 6. The highest BCUT2D eigenvalue weighted by Crippen LogP contribution is 2.17. The molecule has 1 aliphatic heterocycles. The molecule has 0 saturated carbocycles. The molecule has 1 unspecified atom stereocenters. The van der Waals surface area contributed by atoms with Gasteiger partial charge in [-0.3, -0.25) is 14.8 Å². The Hall–Kier alpha value is -0.970. The molecule has 1 atom stereocenters. The van der Waals surface area contributed by atoms with E-state index in [0.29, 0.717) is 6.54 Å². The molecule has 1 aromatic heterocycles. The summed E-state index contributed by atoms with van der Waals surface area (Å²) in [6.45, 7) is 10.7. The summed E-state index contributed by atoms with van der Waals surface area (Å²) in [6, 6.07) is 4.91. The Morgan fingerprint density at radius 3 is 2.74 bits per heavy atom. The summed E-state index contributed by atoms with van der Waals surface area (Å²) in [5, 5.41) is 0. The van der Waals surface area contributed by atoms with Crippen molar-refractivity contribution in [3.8, 4) is 0 Å². The van der Waals surface area contributed by atoms with Gasteiger partial charge in [0.15, 0.2) is 0 Å². The van der Waals surface area contributed by atoms with Gasteiger partial charge in [0.05, 0.1) is 5.69 Å². The Balaban J connectivity index is 1.87. The maximum absolute atomic E-state index is 5.59. The van der Waals surface area contributed by atoms with Gasteiger partial charge in [0.2, 0.25) is 0 Å². The van der Waals surface area contributed by atoms with Crippen LogP contribution in [0.25, 0.3) is 0 Å². The standard InChI is InChI=1S/C15H26N4/c1-3-19(4-2)15-7-8-18(12-15)11-14-6-5-13(9-16)10-17-14/h5-6,10,15H,3-4,7-9,11-12,16H2,1-2H3. The SMILES string of the molecule is CCN(CC)C1CCN(Cc2ccc(CN)cn2)C1. The van der Waals surface area contributed by atoms with E-state index in [0.717, 1.165) is 36.9 Å².